The fourth-order valence-electron chi connectivity index (χ4n) is 4.08. The number of unbranched alkanes of at least 4 members (excludes halogenated alkanes) is 1. The van der Waals surface area contributed by atoms with Crippen molar-refractivity contribution in [3.05, 3.63) is 52.4 Å². The van der Waals surface area contributed by atoms with Crippen LogP contribution in [-0.4, -0.2) is 42.8 Å². The Morgan fingerprint density at radius 1 is 1.11 bits per heavy atom. The molecule has 0 fully saturated rings. The normalized spacial score (nSPS) is 13.6. The second kappa shape index (κ2) is 11.2. The van der Waals surface area contributed by atoms with Gasteiger partial charge in [-0.25, -0.2) is 4.79 Å². The molecule has 2 N–H and O–H groups in total. The van der Waals surface area contributed by atoms with Gasteiger partial charge in [0.05, 0.1) is 24.2 Å². The Morgan fingerprint density at radius 3 is 2.64 bits per heavy atom. The summed E-state index contributed by atoms with van der Waals surface area (Å²) in [5.41, 5.74) is 1.21. The van der Waals surface area contributed by atoms with Crippen molar-refractivity contribution < 1.29 is 33.3 Å². The number of carbonyl (C=O) groups is 2. The van der Waals surface area contributed by atoms with E-state index in [1.807, 2.05) is 6.92 Å². The average Bonchev–Trinajstić information content (AvgIpc) is 3.10. The van der Waals surface area contributed by atoms with Gasteiger partial charge in [-0.05, 0) is 43.2 Å². The summed E-state index contributed by atoms with van der Waals surface area (Å²) >= 11 is 0. The number of aryl methyl sites for hydroxylation is 1. The maximum atomic E-state index is 13.3. The van der Waals surface area contributed by atoms with Gasteiger partial charge in [-0.1, -0.05) is 25.8 Å². The number of hydrogen-bond donors (Lipinski definition) is 2. The summed E-state index contributed by atoms with van der Waals surface area (Å²) in [5, 5.41) is 12.1. The van der Waals surface area contributed by atoms with Crippen LogP contribution in [-0.2, 0) is 9.59 Å². The van der Waals surface area contributed by atoms with E-state index < -0.39 is 17.9 Å². The van der Waals surface area contributed by atoms with Crippen molar-refractivity contribution in [2.75, 3.05) is 19.8 Å². The van der Waals surface area contributed by atoms with E-state index in [-0.39, 0.29) is 12.0 Å². The molecule has 190 valence electrons. The summed E-state index contributed by atoms with van der Waals surface area (Å²) < 4.78 is 22.9. The van der Waals surface area contributed by atoms with Gasteiger partial charge in [-0.2, -0.15) is 0 Å². The highest BCUT2D eigenvalue weighted by atomic mass is 16.5. The Bertz CT molecular complexity index is 1330. The number of carbonyl (C=O) groups excluding carboxylic acids is 1. The molecule has 36 heavy (non-hydrogen) atoms. The van der Waals surface area contributed by atoms with E-state index in [0.29, 0.717) is 71.2 Å². The van der Waals surface area contributed by atoms with Crippen molar-refractivity contribution in [1.29, 1.82) is 0 Å². The topological polar surface area (TPSA) is 124 Å². The zero-order valence-corrected chi connectivity index (χ0v) is 20.3. The Hall–Kier alpha value is -4.01. The summed E-state index contributed by atoms with van der Waals surface area (Å²) in [4.78, 5) is 36.9. The second-order valence-electron chi connectivity index (χ2n) is 8.62. The number of rotatable bonds is 9. The number of hydrogen-bond acceptors (Lipinski definition) is 7. The third kappa shape index (κ3) is 5.62. The lowest BCUT2D eigenvalue weighted by Gasteiger charge is -2.14. The average molecular weight is 496 g/mol. The van der Waals surface area contributed by atoms with Crippen LogP contribution in [0.1, 0.15) is 38.4 Å². The molecule has 3 aromatic rings. The maximum absolute atomic E-state index is 13.3. The van der Waals surface area contributed by atoms with Crippen molar-refractivity contribution in [3.63, 3.8) is 0 Å². The smallest absolute Gasteiger partial charge is 0.326 e. The summed E-state index contributed by atoms with van der Waals surface area (Å²) in [6.07, 6.45) is 2.65. The van der Waals surface area contributed by atoms with Crippen LogP contribution < -0.4 is 25.0 Å². The van der Waals surface area contributed by atoms with E-state index in [0.717, 1.165) is 12.8 Å². The molecule has 2 aromatic carbocycles. The standard InChI is InChI=1S/C27H29NO8/c1-3-4-6-20(27(31)32)28-24(29)15-35-18-8-9-19-22(14-18)36-16(2)25(26(19)30)17-7-10-21-23(13-17)34-12-5-11-33-21/h7-10,13-14,20H,3-6,11-12,15H2,1-2H3,(H,28,29)(H,31,32). The molecule has 0 saturated carbocycles. The minimum Gasteiger partial charge on any atom is -0.490 e. The lowest BCUT2D eigenvalue weighted by atomic mass is 10.0. The van der Waals surface area contributed by atoms with E-state index in [1.165, 1.54) is 0 Å². The van der Waals surface area contributed by atoms with Gasteiger partial charge in [0.25, 0.3) is 5.91 Å². The molecule has 1 unspecified atom stereocenters. The third-order valence-corrected chi connectivity index (χ3v) is 5.93. The molecule has 4 rings (SSSR count). The fraction of sp³-hybridized carbons (Fsp3) is 0.370. The lowest BCUT2D eigenvalue weighted by molar-refractivity contribution is -0.142. The van der Waals surface area contributed by atoms with Crippen molar-refractivity contribution in [3.8, 4) is 28.4 Å². The number of carboxylic acid groups (broad SMARTS) is 1. The molecular formula is C27H29NO8. The minimum absolute atomic E-state index is 0.201. The number of ether oxygens (including phenoxy) is 3. The summed E-state index contributed by atoms with van der Waals surface area (Å²) in [7, 11) is 0. The molecule has 1 aromatic heterocycles. The number of fused-ring (bicyclic) bond motifs is 2. The van der Waals surface area contributed by atoms with E-state index in [2.05, 4.69) is 5.32 Å². The number of nitrogens with one attached hydrogen (secondary N) is 1. The van der Waals surface area contributed by atoms with Gasteiger partial charge in [0, 0.05) is 12.5 Å². The highest BCUT2D eigenvalue weighted by Gasteiger charge is 2.20. The molecule has 1 aliphatic heterocycles. The summed E-state index contributed by atoms with van der Waals surface area (Å²) in [5.74, 6) is 0.363. The summed E-state index contributed by atoms with van der Waals surface area (Å²) in [6, 6.07) is 9.12. The van der Waals surface area contributed by atoms with Gasteiger partial charge in [-0.3, -0.25) is 9.59 Å². The van der Waals surface area contributed by atoms with Crippen molar-refractivity contribution in [2.24, 2.45) is 0 Å². The number of amides is 1. The number of aliphatic carboxylic acids is 1. The number of benzene rings is 2. The molecule has 9 heteroatoms. The van der Waals surface area contributed by atoms with Crippen LogP contribution in [0.3, 0.4) is 0 Å². The van der Waals surface area contributed by atoms with Crippen molar-refractivity contribution in [2.45, 2.75) is 45.6 Å². The quantitative estimate of drug-likeness (QED) is 0.455. The van der Waals surface area contributed by atoms with E-state index in [1.54, 1.807) is 43.3 Å². The number of carboxylic acids is 1. The SMILES string of the molecule is CCCCC(NC(=O)COc1ccc2c(=O)c(-c3ccc4c(c3)OCCCO4)c(C)oc2c1)C(=O)O. The van der Waals surface area contributed by atoms with Gasteiger partial charge in [0.2, 0.25) is 5.43 Å². The van der Waals surface area contributed by atoms with E-state index in [4.69, 9.17) is 18.6 Å². The largest absolute Gasteiger partial charge is 0.490 e. The Balaban J connectivity index is 1.52. The van der Waals surface area contributed by atoms with Crippen LogP contribution in [0.2, 0.25) is 0 Å². The minimum atomic E-state index is -1.08. The molecule has 0 saturated heterocycles. The first-order valence-electron chi connectivity index (χ1n) is 12.0. The monoisotopic (exact) mass is 495 g/mol. The van der Waals surface area contributed by atoms with Gasteiger partial charge >= 0.3 is 5.97 Å². The zero-order valence-electron chi connectivity index (χ0n) is 20.3. The van der Waals surface area contributed by atoms with Crippen LogP contribution in [0.5, 0.6) is 17.2 Å². The van der Waals surface area contributed by atoms with E-state index in [9.17, 15) is 19.5 Å². The van der Waals surface area contributed by atoms with Crippen LogP contribution in [0.15, 0.2) is 45.6 Å². The fourth-order valence-corrected chi connectivity index (χ4v) is 4.08. The molecule has 0 aliphatic carbocycles. The van der Waals surface area contributed by atoms with Crippen molar-refractivity contribution in [1.82, 2.24) is 5.32 Å². The highest BCUT2D eigenvalue weighted by molar-refractivity contribution is 5.85. The summed E-state index contributed by atoms with van der Waals surface area (Å²) in [6.45, 7) is 4.42. The first kappa shape index (κ1) is 25.1. The predicted octanol–water partition coefficient (Wildman–Crippen LogP) is 4.07. The third-order valence-electron chi connectivity index (χ3n) is 5.93. The molecule has 1 atom stereocenters. The first-order chi connectivity index (χ1) is 17.4. The van der Waals surface area contributed by atoms with Crippen LogP contribution in [0, 0.1) is 6.92 Å². The Kier molecular flexibility index (Phi) is 7.77. The van der Waals surface area contributed by atoms with Crippen LogP contribution in [0.4, 0.5) is 0 Å². The molecule has 0 bridgehead atoms. The lowest BCUT2D eigenvalue weighted by Crippen LogP contribution is -2.42. The van der Waals surface area contributed by atoms with E-state index >= 15 is 0 Å². The molecule has 0 spiro atoms. The predicted molar refractivity (Wildman–Crippen MR) is 133 cm³/mol. The van der Waals surface area contributed by atoms with Gasteiger partial charge in [-0.15, -0.1) is 0 Å². The molecule has 1 amide bonds. The second-order valence-corrected chi connectivity index (χ2v) is 8.62. The molecule has 0 radical (unpaired) electrons. The molecular weight excluding hydrogens is 466 g/mol. The maximum Gasteiger partial charge on any atom is 0.326 e. The van der Waals surface area contributed by atoms with Crippen molar-refractivity contribution >= 4 is 22.8 Å². The Labute approximate surface area is 208 Å². The van der Waals surface area contributed by atoms with Gasteiger partial charge < -0.3 is 29.1 Å². The first-order valence-corrected chi connectivity index (χ1v) is 12.0. The Morgan fingerprint density at radius 2 is 1.89 bits per heavy atom. The molecule has 2 heterocycles. The molecule has 9 nitrogen and oxygen atoms in total. The van der Waals surface area contributed by atoms with Crippen LogP contribution in [0.25, 0.3) is 22.1 Å². The highest BCUT2D eigenvalue weighted by Crippen LogP contribution is 2.35. The zero-order chi connectivity index (χ0) is 25.7. The van der Waals surface area contributed by atoms with Gasteiger partial charge in [0.15, 0.2) is 18.1 Å². The molecule has 1 aliphatic rings. The van der Waals surface area contributed by atoms with Crippen LogP contribution >= 0.6 is 0 Å². The van der Waals surface area contributed by atoms with Gasteiger partial charge in [0.1, 0.15) is 23.1 Å².